The maximum Gasteiger partial charge on any atom is 0.0616 e. The zero-order chi connectivity index (χ0) is 11.1. The fourth-order valence-corrected chi connectivity index (χ4v) is 1.44. The molecule has 1 atom stereocenters. The van der Waals surface area contributed by atoms with Gasteiger partial charge in [0.15, 0.2) is 0 Å². The minimum Gasteiger partial charge on any atom is -0.380 e. The van der Waals surface area contributed by atoms with Crippen molar-refractivity contribution in [2.24, 2.45) is 0 Å². The van der Waals surface area contributed by atoms with Crippen molar-refractivity contribution in [3.8, 4) is 0 Å². The van der Waals surface area contributed by atoms with E-state index in [0.29, 0.717) is 6.04 Å². The van der Waals surface area contributed by atoms with Crippen molar-refractivity contribution in [2.45, 2.75) is 39.9 Å². The molecule has 86 valence electrons. The molecule has 0 saturated heterocycles. The van der Waals surface area contributed by atoms with E-state index in [1.165, 1.54) is 5.56 Å². The van der Waals surface area contributed by atoms with Gasteiger partial charge in [-0.1, -0.05) is 0 Å². The largest absolute Gasteiger partial charge is 0.380 e. The molecule has 3 nitrogen and oxygen atoms in total. The molecule has 1 N–H and O–H groups in total. The molecule has 0 saturated carbocycles. The van der Waals surface area contributed by atoms with Crippen LogP contribution in [0.4, 0.5) is 0 Å². The van der Waals surface area contributed by atoms with Gasteiger partial charge in [0.25, 0.3) is 0 Å². The standard InChI is InChI=1S/C12H22N2O/c1-4-14-7-6-12(9-14)8-13-11(3)10-15-5-2/h6-7,9,11,13H,4-5,8,10H2,1-3H3. The van der Waals surface area contributed by atoms with E-state index in [0.717, 1.165) is 26.3 Å². The number of hydrogen-bond acceptors (Lipinski definition) is 2. The Morgan fingerprint density at radius 3 is 2.87 bits per heavy atom. The summed E-state index contributed by atoms with van der Waals surface area (Å²) in [5.41, 5.74) is 1.33. The van der Waals surface area contributed by atoms with Crippen molar-refractivity contribution in [2.75, 3.05) is 13.2 Å². The fraction of sp³-hybridized carbons (Fsp3) is 0.667. The Hall–Kier alpha value is -0.800. The second-order valence-corrected chi connectivity index (χ2v) is 3.79. The molecule has 0 radical (unpaired) electrons. The molecule has 0 fully saturated rings. The predicted molar refractivity (Wildman–Crippen MR) is 62.9 cm³/mol. The molecular formula is C12H22N2O. The van der Waals surface area contributed by atoms with Crippen molar-refractivity contribution >= 4 is 0 Å². The molecule has 1 aromatic heterocycles. The Bertz CT molecular complexity index is 270. The third kappa shape index (κ3) is 4.49. The lowest BCUT2D eigenvalue weighted by Gasteiger charge is -2.12. The van der Waals surface area contributed by atoms with E-state index < -0.39 is 0 Å². The molecule has 1 unspecified atom stereocenters. The Morgan fingerprint density at radius 1 is 1.47 bits per heavy atom. The monoisotopic (exact) mass is 210 g/mol. The molecule has 0 aliphatic rings. The molecule has 1 aromatic rings. The third-order valence-corrected chi connectivity index (χ3v) is 2.40. The van der Waals surface area contributed by atoms with Crippen LogP contribution < -0.4 is 5.32 Å². The molecule has 0 amide bonds. The molecule has 0 aliphatic carbocycles. The summed E-state index contributed by atoms with van der Waals surface area (Å²) in [6.07, 6.45) is 4.30. The van der Waals surface area contributed by atoms with Crippen LogP contribution >= 0.6 is 0 Å². The van der Waals surface area contributed by atoms with Crippen LogP contribution in [0, 0.1) is 0 Å². The second-order valence-electron chi connectivity index (χ2n) is 3.79. The van der Waals surface area contributed by atoms with Crippen molar-refractivity contribution in [3.05, 3.63) is 24.0 Å². The molecule has 1 heterocycles. The average molecular weight is 210 g/mol. The van der Waals surface area contributed by atoms with Crippen LogP contribution in [0.3, 0.4) is 0 Å². The van der Waals surface area contributed by atoms with Gasteiger partial charge < -0.3 is 14.6 Å². The quantitative estimate of drug-likeness (QED) is 0.745. The van der Waals surface area contributed by atoms with Crippen LogP contribution in [-0.2, 0) is 17.8 Å². The first-order chi connectivity index (χ1) is 7.26. The van der Waals surface area contributed by atoms with Gasteiger partial charge in [0.05, 0.1) is 6.61 Å². The average Bonchev–Trinajstić information content (AvgIpc) is 2.71. The molecule has 0 spiro atoms. The van der Waals surface area contributed by atoms with Gasteiger partial charge in [0.1, 0.15) is 0 Å². The normalized spacial score (nSPS) is 13.0. The van der Waals surface area contributed by atoms with Gasteiger partial charge in [-0.2, -0.15) is 0 Å². The molecule has 0 aromatic carbocycles. The molecule has 3 heteroatoms. The van der Waals surface area contributed by atoms with Crippen molar-refractivity contribution in [1.29, 1.82) is 0 Å². The number of nitrogens with zero attached hydrogens (tertiary/aromatic N) is 1. The topological polar surface area (TPSA) is 26.2 Å². The van der Waals surface area contributed by atoms with Gasteiger partial charge in [-0.05, 0) is 32.4 Å². The lowest BCUT2D eigenvalue weighted by molar-refractivity contribution is 0.127. The zero-order valence-electron chi connectivity index (χ0n) is 9.99. The van der Waals surface area contributed by atoms with Gasteiger partial charge in [0, 0.05) is 38.1 Å². The van der Waals surface area contributed by atoms with Crippen LogP contribution in [-0.4, -0.2) is 23.8 Å². The van der Waals surface area contributed by atoms with E-state index in [4.69, 9.17) is 4.74 Å². The summed E-state index contributed by atoms with van der Waals surface area (Å²) in [6.45, 7) is 9.84. The maximum absolute atomic E-state index is 5.34. The van der Waals surface area contributed by atoms with Crippen LogP contribution in [0.5, 0.6) is 0 Å². The van der Waals surface area contributed by atoms with Gasteiger partial charge >= 0.3 is 0 Å². The van der Waals surface area contributed by atoms with Crippen LogP contribution in [0.1, 0.15) is 26.3 Å². The highest BCUT2D eigenvalue weighted by molar-refractivity contribution is 5.09. The first-order valence-electron chi connectivity index (χ1n) is 5.72. The summed E-state index contributed by atoms with van der Waals surface area (Å²) in [7, 11) is 0. The Morgan fingerprint density at radius 2 is 2.27 bits per heavy atom. The molecule has 1 rings (SSSR count). The molecule has 15 heavy (non-hydrogen) atoms. The summed E-state index contributed by atoms with van der Waals surface area (Å²) in [4.78, 5) is 0. The van der Waals surface area contributed by atoms with Gasteiger partial charge in [-0.15, -0.1) is 0 Å². The van der Waals surface area contributed by atoms with Crippen molar-refractivity contribution in [1.82, 2.24) is 9.88 Å². The minimum absolute atomic E-state index is 0.412. The summed E-state index contributed by atoms with van der Waals surface area (Å²) >= 11 is 0. The van der Waals surface area contributed by atoms with Gasteiger partial charge in [0.2, 0.25) is 0 Å². The van der Waals surface area contributed by atoms with E-state index in [1.807, 2.05) is 6.92 Å². The molecule has 0 aliphatic heterocycles. The fourth-order valence-electron chi connectivity index (χ4n) is 1.44. The van der Waals surface area contributed by atoms with E-state index in [2.05, 4.69) is 42.2 Å². The maximum atomic E-state index is 5.34. The molecular weight excluding hydrogens is 188 g/mol. The number of hydrogen-bond donors (Lipinski definition) is 1. The highest BCUT2D eigenvalue weighted by Crippen LogP contribution is 2.01. The minimum atomic E-state index is 0.412. The third-order valence-electron chi connectivity index (χ3n) is 2.40. The van der Waals surface area contributed by atoms with E-state index in [-0.39, 0.29) is 0 Å². The predicted octanol–water partition coefficient (Wildman–Crippen LogP) is 2.02. The summed E-state index contributed by atoms with van der Waals surface area (Å²) in [5, 5.41) is 3.43. The summed E-state index contributed by atoms with van der Waals surface area (Å²) < 4.78 is 7.53. The first kappa shape index (κ1) is 12.3. The van der Waals surface area contributed by atoms with Crippen molar-refractivity contribution in [3.63, 3.8) is 0 Å². The lowest BCUT2D eigenvalue weighted by atomic mass is 10.3. The Kier molecular flexibility index (Phi) is 5.43. The Labute approximate surface area is 92.4 Å². The number of ether oxygens (including phenoxy) is 1. The Balaban J connectivity index is 2.24. The van der Waals surface area contributed by atoms with Crippen molar-refractivity contribution < 1.29 is 4.74 Å². The number of aryl methyl sites for hydroxylation is 1. The van der Waals surface area contributed by atoms with Gasteiger partial charge in [-0.25, -0.2) is 0 Å². The molecule has 0 bridgehead atoms. The van der Waals surface area contributed by atoms with E-state index in [9.17, 15) is 0 Å². The van der Waals surface area contributed by atoms with Crippen LogP contribution in [0.25, 0.3) is 0 Å². The zero-order valence-corrected chi connectivity index (χ0v) is 9.99. The lowest BCUT2D eigenvalue weighted by Crippen LogP contribution is -2.29. The first-order valence-corrected chi connectivity index (χ1v) is 5.72. The highest BCUT2D eigenvalue weighted by atomic mass is 16.5. The van der Waals surface area contributed by atoms with E-state index in [1.54, 1.807) is 0 Å². The number of nitrogens with one attached hydrogen (secondary N) is 1. The number of aromatic nitrogens is 1. The summed E-state index contributed by atoms with van der Waals surface area (Å²) in [5.74, 6) is 0. The summed E-state index contributed by atoms with van der Waals surface area (Å²) in [6, 6.07) is 2.57. The SMILES string of the molecule is CCOCC(C)NCc1ccn(CC)c1. The highest BCUT2D eigenvalue weighted by Gasteiger charge is 2.01. The van der Waals surface area contributed by atoms with E-state index >= 15 is 0 Å². The van der Waals surface area contributed by atoms with Crippen LogP contribution in [0.15, 0.2) is 18.5 Å². The van der Waals surface area contributed by atoms with Crippen LogP contribution in [0.2, 0.25) is 0 Å². The van der Waals surface area contributed by atoms with Gasteiger partial charge in [-0.3, -0.25) is 0 Å². The second kappa shape index (κ2) is 6.64. The number of rotatable bonds is 7. The smallest absolute Gasteiger partial charge is 0.0616 e.